The number of cyclic esters (lactones) is 1. The van der Waals surface area contributed by atoms with Crippen LogP contribution in [0.4, 0.5) is 0 Å². The molecule has 1 unspecified atom stereocenters. The monoisotopic (exact) mass is 466 g/mol. The van der Waals surface area contributed by atoms with E-state index in [4.69, 9.17) is 4.74 Å². The summed E-state index contributed by atoms with van der Waals surface area (Å²) in [5.41, 5.74) is 0.756. The highest BCUT2D eigenvalue weighted by atomic mass is 16.5. The molecule has 3 fully saturated rings. The van der Waals surface area contributed by atoms with Crippen molar-refractivity contribution < 1.29 is 19.4 Å². The van der Waals surface area contributed by atoms with Gasteiger partial charge in [-0.1, -0.05) is 0 Å². The Morgan fingerprint density at radius 1 is 1.18 bits per heavy atom. The van der Waals surface area contributed by atoms with E-state index in [1.807, 2.05) is 6.92 Å². The normalized spacial score (nSPS) is 31.9. The number of aromatic nitrogens is 6. The molecule has 34 heavy (non-hydrogen) atoms. The lowest BCUT2D eigenvalue weighted by atomic mass is 9.72. The Morgan fingerprint density at radius 2 is 1.97 bits per heavy atom. The second-order valence-corrected chi connectivity index (χ2v) is 9.81. The first-order valence-corrected chi connectivity index (χ1v) is 11.6. The number of esters is 1. The second kappa shape index (κ2) is 7.91. The predicted octanol–water partition coefficient (Wildman–Crippen LogP) is 0.160. The highest BCUT2D eigenvalue weighted by Crippen LogP contribution is 2.53. The van der Waals surface area contributed by atoms with Gasteiger partial charge in [-0.25, -0.2) is 9.78 Å². The van der Waals surface area contributed by atoms with Crippen LogP contribution in [0.15, 0.2) is 30.5 Å². The van der Waals surface area contributed by atoms with Crippen LogP contribution >= 0.6 is 0 Å². The molecule has 0 saturated carbocycles. The van der Waals surface area contributed by atoms with Crippen LogP contribution in [0.1, 0.15) is 50.8 Å². The summed E-state index contributed by atoms with van der Waals surface area (Å²) in [5, 5.41) is 21.9. The smallest absolute Gasteiger partial charge is 0.333 e. The van der Waals surface area contributed by atoms with Crippen molar-refractivity contribution in [1.29, 1.82) is 0 Å². The molecule has 6 rings (SSSR count). The Morgan fingerprint density at radius 3 is 2.59 bits per heavy atom. The fourth-order valence-electron chi connectivity index (χ4n) is 6.38. The van der Waals surface area contributed by atoms with E-state index in [0.29, 0.717) is 23.8 Å². The number of hydrogen-bond donors (Lipinski definition) is 1. The summed E-state index contributed by atoms with van der Waals surface area (Å²) in [7, 11) is 0. The quantitative estimate of drug-likeness (QED) is 0.606. The summed E-state index contributed by atoms with van der Waals surface area (Å²) >= 11 is 0. The number of piperidine rings is 1. The molecule has 2 aromatic heterocycles. The molecule has 1 amide bonds. The molecule has 0 aromatic carbocycles. The maximum Gasteiger partial charge on any atom is 0.333 e. The van der Waals surface area contributed by atoms with E-state index >= 15 is 0 Å². The van der Waals surface area contributed by atoms with Crippen LogP contribution in [0.25, 0.3) is 5.82 Å². The fraction of sp³-hybridized carbons (Fsp3) is 0.591. The van der Waals surface area contributed by atoms with Gasteiger partial charge >= 0.3 is 5.97 Å². The number of carbonyl (C=O) groups is 2. The zero-order chi connectivity index (χ0) is 23.4. The van der Waals surface area contributed by atoms with Crippen LogP contribution in [0, 0.1) is 5.41 Å². The van der Waals surface area contributed by atoms with Gasteiger partial charge in [-0.05, 0) is 49.5 Å². The highest BCUT2D eigenvalue weighted by molar-refractivity contribution is 5.91. The number of hydrogen-bond acceptors (Lipinski definition) is 10. The van der Waals surface area contributed by atoms with Crippen molar-refractivity contribution >= 4 is 11.9 Å². The molecule has 2 bridgehead atoms. The van der Waals surface area contributed by atoms with Crippen molar-refractivity contribution in [3.8, 4) is 5.82 Å². The van der Waals surface area contributed by atoms with Gasteiger partial charge in [0.15, 0.2) is 5.82 Å². The molecule has 4 aliphatic rings. The number of ether oxygens (including phenoxy) is 1. The number of rotatable bonds is 5. The van der Waals surface area contributed by atoms with E-state index in [0.717, 1.165) is 32.1 Å². The molecule has 1 N–H and O–H groups in total. The van der Waals surface area contributed by atoms with Crippen molar-refractivity contribution in [2.75, 3.05) is 13.2 Å². The first-order chi connectivity index (χ1) is 16.4. The van der Waals surface area contributed by atoms with Gasteiger partial charge in [0, 0.05) is 30.7 Å². The molecule has 3 saturated heterocycles. The van der Waals surface area contributed by atoms with Crippen molar-refractivity contribution in [3.63, 3.8) is 0 Å². The van der Waals surface area contributed by atoms with Crippen LogP contribution in [-0.2, 0) is 14.3 Å². The predicted molar refractivity (Wildman–Crippen MR) is 115 cm³/mol. The summed E-state index contributed by atoms with van der Waals surface area (Å²) in [5.74, 6) is 0.212. The van der Waals surface area contributed by atoms with Crippen LogP contribution < -0.4 is 0 Å². The highest BCUT2D eigenvalue weighted by Gasteiger charge is 2.58. The number of tetrazole rings is 1. The Kier molecular flexibility index (Phi) is 4.96. The summed E-state index contributed by atoms with van der Waals surface area (Å²) in [6.07, 6.45) is 9.51. The Hall–Kier alpha value is -3.25. The topological polar surface area (TPSA) is 139 Å². The lowest BCUT2D eigenvalue weighted by Crippen LogP contribution is -2.51. The van der Waals surface area contributed by atoms with Crippen LogP contribution in [0.2, 0.25) is 0 Å². The molecule has 12 heteroatoms. The zero-order valence-corrected chi connectivity index (χ0v) is 18.8. The minimum atomic E-state index is -0.783. The third kappa shape index (κ3) is 3.40. The molecular weight excluding hydrogens is 440 g/mol. The van der Waals surface area contributed by atoms with Crippen molar-refractivity contribution in [2.45, 2.75) is 63.3 Å². The first kappa shape index (κ1) is 21.3. The molecule has 4 atom stereocenters. The molecular formula is C22H26N8O4. The van der Waals surface area contributed by atoms with Crippen LogP contribution in [0.3, 0.4) is 0 Å². The van der Waals surface area contributed by atoms with Crippen LogP contribution in [-0.4, -0.2) is 88.2 Å². The number of fused-ring (bicyclic) bond motifs is 2. The van der Waals surface area contributed by atoms with Gasteiger partial charge in [0.1, 0.15) is 19.0 Å². The lowest BCUT2D eigenvalue weighted by molar-refractivity contribution is -0.140. The van der Waals surface area contributed by atoms with Gasteiger partial charge in [-0.3, -0.25) is 14.7 Å². The van der Waals surface area contributed by atoms with E-state index in [-0.39, 0.29) is 36.6 Å². The van der Waals surface area contributed by atoms with Gasteiger partial charge in [0.05, 0.1) is 29.2 Å². The molecule has 12 nitrogen and oxygen atoms in total. The summed E-state index contributed by atoms with van der Waals surface area (Å²) in [6.45, 7) is 2.67. The number of amides is 1. The average molecular weight is 467 g/mol. The third-order valence-electron chi connectivity index (χ3n) is 7.75. The number of likely N-dealkylation sites (tertiary alicyclic amines) is 1. The number of nitrogens with zero attached hydrogens (tertiary/aromatic N) is 8. The minimum Gasteiger partial charge on any atom is -0.456 e. The number of aliphatic hydroxyl groups excluding tert-OH is 1. The van der Waals surface area contributed by atoms with Crippen molar-refractivity contribution in [2.24, 2.45) is 5.41 Å². The standard InChI is InChI=1S/C22H26N8O4/c1-13-5-22(21(33)30(13)16-4-20(32)34-11-16)6-14-2-3-15(7-22)28(14)10-18(31)17-8-24-19(9-23-17)29-12-25-26-27-29/h4,8-9,12-15,18,31H,2-3,5-7,10-11H2,1H3/t13?,14-,15-,18-/m1/s1. The maximum absolute atomic E-state index is 13.6. The molecule has 1 spiro atoms. The van der Waals surface area contributed by atoms with E-state index < -0.39 is 11.5 Å². The van der Waals surface area contributed by atoms with Gasteiger partial charge < -0.3 is 14.7 Å². The SMILES string of the molecule is CC1CC2(C[C@H]3CC[C@H](C2)N3C[C@@H](O)c2cnc(-n3cnnn3)cn2)C(=O)N1C1=CC(=O)OC1. The average Bonchev–Trinajstić information content (AvgIpc) is 3.59. The zero-order valence-electron chi connectivity index (χ0n) is 18.8. The summed E-state index contributed by atoms with van der Waals surface area (Å²) in [4.78, 5) is 38.0. The van der Waals surface area contributed by atoms with Crippen molar-refractivity contribution in [1.82, 2.24) is 40.0 Å². The molecule has 178 valence electrons. The maximum atomic E-state index is 13.6. The van der Waals surface area contributed by atoms with Gasteiger partial charge in [-0.15, -0.1) is 5.10 Å². The fourth-order valence-corrected chi connectivity index (χ4v) is 6.38. The Bertz CT molecular complexity index is 1120. The number of aliphatic hydroxyl groups is 1. The third-order valence-corrected chi connectivity index (χ3v) is 7.75. The molecule has 6 heterocycles. The molecule has 0 radical (unpaired) electrons. The second-order valence-electron chi connectivity index (χ2n) is 9.81. The van der Waals surface area contributed by atoms with E-state index in [2.05, 4.69) is 30.4 Å². The van der Waals surface area contributed by atoms with Gasteiger partial charge in [-0.2, -0.15) is 4.68 Å². The van der Waals surface area contributed by atoms with E-state index in [1.165, 1.54) is 23.3 Å². The van der Waals surface area contributed by atoms with Crippen LogP contribution in [0.5, 0.6) is 0 Å². The van der Waals surface area contributed by atoms with Gasteiger partial charge in [0.2, 0.25) is 5.91 Å². The lowest BCUT2D eigenvalue weighted by Gasteiger charge is -2.44. The largest absolute Gasteiger partial charge is 0.456 e. The molecule has 0 aliphatic carbocycles. The summed E-state index contributed by atoms with van der Waals surface area (Å²) in [6, 6.07) is 0.501. The van der Waals surface area contributed by atoms with E-state index in [9.17, 15) is 14.7 Å². The Balaban J connectivity index is 1.15. The first-order valence-electron chi connectivity index (χ1n) is 11.6. The summed E-state index contributed by atoms with van der Waals surface area (Å²) < 4.78 is 6.46. The minimum absolute atomic E-state index is 0.0405. The number of carbonyl (C=O) groups excluding carboxylic acids is 2. The van der Waals surface area contributed by atoms with E-state index in [1.54, 1.807) is 11.1 Å². The van der Waals surface area contributed by atoms with Crippen molar-refractivity contribution in [3.05, 3.63) is 36.2 Å². The Labute approximate surface area is 195 Å². The molecule has 2 aromatic rings. The molecule has 4 aliphatic heterocycles. The van der Waals surface area contributed by atoms with Gasteiger partial charge in [0.25, 0.3) is 0 Å².